The molecule has 2 rings (SSSR count). The molecule has 5 heteroatoms. The van der Waals surface area contributed by atoms with Crippen molar-refractivity contribution in [2.45, 2.75) is 6.92 Å². The zero-order valence-electron chi connectivity index (χ0n) is 11.7. The van der Waals surface area contributed by atoms with Crippen LogP contribution in [0, 0.1) is 0 Å². The first-order chi connectivity index (χ1) is 9.70. The fourth-order valence-corrected chi connectivity index (χ4v) is 2.37. The van der Waals surface area contributed by atoms with Gasteiger partial charge in [0.2, 0.25) is 0 Å². The van der Waals surface area contributed by atoms with E-state index in [-0.39, 0.29) is 6.03 Å². The summed E-state index contributed by atoms with van der Waals surface area (Å²) in [5.41, 5.74) is 0.894. The van der Waals surface area contributed by atoms with Crippen LogP contribution in [0.25, 0.3) is 6.08 Å². The second-order valence-corrected chi connectivity index (χ2v) is 5.13. The van der Waals surface area contributed by atoms with Gasteiger partial charge in [-0.2, -0.15) is 0 Å². The van der Waals surface area contributed by atoms with Gasteiger partial charge < -0.3 is 15.1 Å². The van der Waals surface area contributed by atoms with E-state index in [0.29, 0.717) is 5.02 Å². The van der Waals surface area contributed by atoms with Gasteiger partial charge in [-0.15, -0.1) is 0 Å². The molecule has 0 aromatic heterocycles. The summed E-state index contributed by atoms with van der Waals surface area (Å²) in [7, 11) is 0. The van der Waals surface area contributed by atoms with Crippen LogP contribution in [0.15, 0.2) is 30.5 Å². The highest BCUT2D eigenvalue weighted by Crippen LogP contribution is 2.15. The van der Waals surface area contributed by atoms with Crippen molar-refractivity contribution in [3.63, 3.8) is 0 Å². The first kappa shape index (κ1) is 14.9. The minimum absolute atomic E-state index is 0.0518. The Hall–Kier alpha value is -1.52. The highest BCUT2D eigenvalue weighted by molar-refractivity contribution is 6.32. The molecule has 1 aliphatic heterocycles. The van der Waals surface area contributed by atoms with Crippen LogP contribution in [-0.2, 0) is 0 Å². The number of nitrogens with zero attached hydrogens (tertiary/aromatic N) is 2. The Morgan fingerprint density at radius 2 is 2.00 bits per heavy atom. The number of urea groups is 1. The van der Waals surface area contributed by atoms with Crippen LogP contribution < -0.4 is 5.32 Å². The largest absolute Gasteiger partial charge is 0.322 e. The standard InChI is InChI=1S/C15H20ClN3O/c1-2-18-9-11-19(12-10-18)15(20)17-8-7-13-5-3-4-6-14(13)16/h3-8H,2,9-12H2,1H3,(H,17,20)/b8-7+. The molecule has 1 aliphatic rings. The van der Waals surface area contributed by atoms with Gasteiger partial charge in [0.15, 0.2) is 0 Å². The van der Waals surface area contributed by atoms with Gasteiger partial charge in [-0.05, 0) is 24.3 Å². The van der Waals surface area contributed by atoms with Crippen LogP contribution in [0.4, 0.5) is 4.79 Å². The topological polar surface area (TPSA) is 35.6 Å². The molecular weight excluding hydrogens is 274 g/mol. The lowest BCUT2D eigenvalue weighted by molar-refractivity contribution is 0.145. The summed E-state index contributed by atoms with van der Waals surface area (Å²) in [6.45, 7) is 6.62. The third-order valence-corrected chi connectivity index (χ3v) is 3.83. The lowest BCUT2D eigenvalue weighted by Crippen LogP contribution is -2.50. The maximum atomic E-state index is 12.0. The fraction of sp³-hybridized carbons (Fsp3) is 0.400. The maximum Gasteiger partial charge on any atom is 0.321 e. The average Bonchev–Trinajstić information content (AvgIpc) is 2.49. The van der Waals surface area contributed by atoms with E-state index in [2.05, 4.69) is 17.1 Å². The molecule has 0 radical (unpaired) electrons. The minimum Gasteiger partial charge on any atom is -0.322 e. The van der Waals surface area contributed by atoms with E-state index < -0.39 is 0 Å². The number of benzene rings is 1. The molecule has 4 nitrogen and oxygen atoms in total. The fourth-order valence-electron chi connectivity index (χ4n) is 2.17. The molecule has 0 unspecified atom stereocenters. The molecule has 1 saturated heterocycles. The Morgan fingerprint density at radius 1 is 1.30 bits per heavy atom. The first-order valence-electron chi connectivity index (χ1n) is 6.89. The molecule has 1 fully saturated rings. The molecule has 0 saturated carbocycles. The molecule has 108 valence electrons. The van der Waals surface area contributed by atoms with Crippen LogP contribution in [0.5, 0.6) is 0 Å². The van der Waals surface area contributed by atoms with Gasteiger partial charge >= 0.3 is 6.03 Å². The van der Waals surface area contributed by atoms with Crippen molar-refractivity contribution in [2.75, 3.05) is 32.7 Å². The predicted molar refractivity (Wildman–Crippen MR) is 82.7 cm³/mol. The maximum absolute atomic E-state index is 12.0. The summed E-state index contributed by atoms with van der Waals surface area (Å²) in [5, 5.41) is 3.47. The number of hydrogen-bond donors (Lipinski definition) is 1. The second-order valence-electron chi connectivity index (χ2n) is 4.73. The van der Waals surface area contributed by atoms with Crippen molar-refractivity contribution in [2.24, 2.45) is 0 Å². The van der Waals surface area contributed by atoms with Crippen LogP contribution in [0.3, 0.4) is 0 Å². The quantitative estimate of drug-likeness (QED) is 0.930. The molecule has 0 atom stereocenters. The number of nitrogens with one attached hydrogen (secondary N) is 1. The van der Waals surface area contributed by atoms with Gasteiger partial charge in [-0.3, -0.25) is 0 Å². The SMILES string of the molecule is CCN1CCN(C(=O)N/C=C/c2ccccc2Cl)CC1. The predicted octanol–water partition coefficient (Wildman–Crippen LogP) is 2.66. The number of amides is 2. The van der Waals surface area contributed by atoms with Crippen molar-refractivity contribution in [1.82, 2.24) is 15.1 Å². The van der Waals surface area contributed by atoms with Crippen LogP contribution >= 0.6 is 11.6 Å². The molecule has 1 aromatic rings. The lowest BCUT2D eigenvalue weighted by atomic mass is 10.2. The third kappa shape index (κ3) is 3.99. The van der Waals surface area contributed by atoms with Crippen molar-refractivity contribution >= 4 is 23.7 Å². The lowest BCUT2D eigenvalue weighted by Gasteiger charge is -2.33. The highest BCUT2D eigenvalue weighted by atomic mass is 35.5. The van der Waals surface area contributed by atoms with Gasteiger partial charge in [-0.1, -0.05) is 36.7 Å². The van der Waals surface area contributed by atoms with Crippen molar-refractivity contribution in [1.29, 1.82) is 0 Å². The van der Waals surface area contributed by atoms with Crippen molar-refractivity contribution in [3.05, 3.63) is 41.1 Å². The van der Waals surface area contributed by atoms with Crippen LogP contribution in [0.2, 0.25) is 5.02 Å². The van der Waals surface area contributed by atoms with Gasteiger partial charge in [0.05, 0.1) is 0 Å². The Bertz CT molecular complexity index is 482. The Balaban J connectivity index is 1.82. The summed E-state index contributed by atoms with van der Waals surface area (Å²) in [4.78, 5) is 16.2. The molecule has 1 heterocycles. The number of piperazine rings is 1. The van der Waals surface area contributed by atoms with Gasteiger partial charge in [0.1, 0.15) is 0 Å². The molecule has 1 N–H and O–H groups in total. The second kappa shape index (κ2) is 7.31. The Kier molecular flexibility index (Phi) is 5.44. The smallest absolute Gasteiger partial charge is 0.321 e. The summed E-state index contributed by atoms with van der Waals surface area (Å²) in [5.74, 6) is 0. The molecule has 1 aromatic carbocycles. The van der Waals surface area contributed by atoms with E-state index in [1.807, 2.05) is 35.2 Å². The zero-order chi connectivity index (χ0) is 14.4. The van der Waals surface area contributed by atoms with E-state index in [1.54, 1.807) is 6.20 Å². The summed E-state index contributed by atoms with van der Waals surface area (Å²) in [6.07, 6.45) is 3.46. The number of carbonyl (C=O) groups excluding carboxylic acids is 1. The molecule has 0 aliphatic carbocycles. The van der Waals surface area contributed by atoms with E-state index >= 15 is 0 Å². The molecule has 2 amide bonds. The number of carbonyl (C=O) groups is 1. The normalized spacial score (nSPS) is 16.6. The summed E-state index contributed by atoms with van der Waals surface area (Å²) < 4.78 is 0. The zero-order valence-corrected chi connectivity index (χ0v) is 12.4. The number of rotatable bonds is 3. The van der Waals surface area contributed by atoms with E-state index in [4.69, 9.17) is 11.6 Å². The number of halogens is 1. The minimum atomic E-state index is -0.0518. The highest BCUT2D eigenvalue weighted by Gasteiger charge is 2.18. The van der Waals surface area contributed by atoms with Gasteiger partial charge in [-0.25, -0.2) is 4.79 Å². The van der Waals surface area contributed by atoms with Crippen molar-refractivity contribution in [3.8, 4) is 0 Å². The van der Waals surface area contributed by atoms with Gasteiger partial charge in [0.25, 0.3) is 0 Å². The molecule has 20 heavy (non-hydrogen) atoms. The summed E-state index contributed by atoms with van der Waals surface area (Å²) >= 11 is 6.04. The molecule has 0 bridgehead atoms. The van der Waals surface area contributed by atoms with Crippen molar-refractivity contribution < 1.29 is 4.79 Å². The molecular formula is C15H20ClN3O. The average molecular weight is 294 g/mol. The third-order valence-electron chi connectivity index (χ3n) is 3.48. The van der Waals surface area contributed by atoms with Crippen LogP contribution in [0.1, 0.15) is 12.5 Å². The first-order valence-corrected chi connectivity index (χ1v) is 7.27. The summed E-state index contributed by atoms with van der Waals surface area (Å²) in [6, 6.07) is 7.48. The number of hydrogen-bond acceptors (Lipinski definition) is 2. The van der Waals surface area contributed by atoms with E-state index in [0.717, 1.165) is 38.3 Å². The van der Waals surface area contributed by atoms with Crippen LogP contribution in [-0.4, -0.2) is 48.6 Å². The monoisotopic (exact) mass is 293 g/mol. The Labute approximate surface area is 125 Å². The van der Waals surface area contributed by atoms with E-state index in [1.165, 1.54) is 0 Å². The number of likely N-dealkylation sites (N-methyl/N-ethyl adjacent to an activating group) is 1. The molecule has 0 spiro atoms. The Morgan fingerprint density at radius 3 is 2.65 bits per heavy atom. The van der Waals surface area contributed by atoms with E-state index in [9.17, 15) is 4.79 Å². The van der Waals surface area contributed by atoms with Gasteiger partial charge in [0, 0.05) is 37.4 Å².